The van der Waals surface area contributed by atoms with Crippen molar-refractivity contribution in [2.24, 2.45) is 4.99 Å². The number of alkyl halides is 3. The van der Waals surface area contributed by atoms with Crippen molar-refractivity contribution in [2.75, 3.05) is 6.61 Å². The number of rotatable bonds is 4. The summed E-state index contributed by atoms with van der Waals surface area (Å²) < 4.78 is 42.8. The smallest absolute Gasteiger partial charge is 0.416 e. The molecule has 2 aromatic carbocycles. The molecule has 22 heavy (non-hydrogen) atoms. The summed E-state index contributed by atoms with van der Waals surface area (Å²) in [7, 11) is 0. The summed E-state index contributed by atoms with van der Waals surface area (Å²) >= 11 is 0. The van der Waals surface area contributed by atoms with E-state index in [1.807, 2.05) is 0 Å². The number of halogens is 3. The second-order valence-corrected chi connectivity index (χ2v) is 4.34. The largest absolute Gasteiger partial charge is 0.479 e. The maximum atomic E-state index is 12.5. The van der Waals surface area contributed by atoms with Crippen LogP contribution in [0.5, 0.6) is 5.75 Å². The molecule has 0 unspecified atom stereocenters. The van der Waals surface area contributed by atoms with Crippen molar-refractivity contribution in [1.29, 1.82) is 0 Å². The molecule has 0 atom stereocenters. The van der Waals surface area contributed by atoms with Crippen LogP contribution in [-0.4, -0.2) is 12.8 Å². The van der Waals surface area contributed by atoms with Gasteiger partial charge in [0.15, 0.2) is 0 Å². The Morgan fingerprint density at radius 2 is 1.77 bits per heavy atom. The molecule has 0 saturated heterocycles. The molecular formula is C17H12F3NO. The van der Waals surface area contributed by atoms with Crippen LogP contribution >= 0.6 is 0 Å². The van der Waals surface area contributed by atoms with E-state index in [1.165, 1.54) is 18.3 Å². The van der Waals surface area contributed by atoms with Crippen molar-refractivity contribution in [2.45, 2.75) is 6.18 Å². The van der Waals surface area contributed by atoms with Gasteiger partial charge in [-0.25, -0.2) is 0 Å². The van der Waals surface area contributed by atoms with E-state index in [4.69, 9.17) is 11.2 Å². The van der Waals surface area contributed by atoms with Crippen LogP contribution in [-0.2, 0) is 6.18 Å². The predicted molar refractivity (Wildman–Crippen MR) is 79.5 cm³/mol. The molecule has 0 spiro atoms. The van der Waals surface area contributed by atoms with Crippen molar-refractivity contribution in [1.82, 2.24) is 0 Å². The Morgan fingerprint density at radius 1 is 1.09 bits per heavy atom. The third-order valence-electron chi connectivity index (χ3n) is 2.77. The van der Waals surface area contributed by atoms with Crippen molar-refractivity contribution >= 4 is 11.9 Å². The highest BCUT2D eigenvalue weighted by molar-refractivity contribution is 5.82. The van der Waals surface area contributed by atoms with Gasteiger partial charge in [0, 0.05) is 6.21 Å². The topological polar surface area (TPSA) is 21.6 Å². The molecule has 0 N–H and O–H groups in total. The van der Waals surface area contributed by atoms with Gasteiger partial charge in [-0.1, -0.05) is 30.2 Å². The standard InChI is InChI=1S/C17H12F3NO/c1-2-11-22-16-6-4-3-5-15(16)21-12-13-7-9-14(10-8-13)17(18,19)20/h1,3-10,12H,11H2. The summed E-state index contributed by atoms with van der Waals surface area (Å²) in [6, 6.07) is 11.8. The van der Waals surface area contributed by atoms with Gasteiger partial charge in [-0.3, -0.25) is 4.99 Å². The van der Waals surface area contributed by atoms with Crippen LogP contribution in [0.1, 0.15) is 11.1 Å². The molecule has 0 bridgehead atoms. The van der Waals surface area contributed by atoms with Gasteiger partial charge >= 0.3 is 6.18 Å². The Balaban J connectivity index is 2.17. The minimum absolute atomic E-state index is 0.118. The number of hydrogen-bond donors (Lipinski definition) is 0. The van der Waals surface area contributed by atoms with Gasteiger partial charge in [0.05, 0.1) is 5.56 Å². The number of para-hydroxylation sites is 2. The highest BCUT2D eigenvalue weighted by atomic mass is 19.4. The minimum Gasteiger partial charge on any atom is -0.479 e. The molecule has 0 aromatic heterocycles. The molecule has 5 heteroatoms. The number of benzene rings is 2. The van der Waals surface area contributed by atoms with Crippen LogP contribution in [0.3, 0.4) is 0 Å². The highest BCUT2D eigenvalue weighted by Crippen LogP contribution is 2.29. The summed E-state index contributed by atoms with van der Waals surface area (Å²) in [6.07, 6.45) is 2.26. The van der Waals surface area contributed by atoms with Crippen molar-refractivity contribution in [3.8, 4) is 18.1 Å². The van der Waals surface area contributed by atoms with Crippen LogP contribution in [0.2, 0.25) is 0 Å². The minimum atomic E-state index is -4.34. The first-order chi connectivity index (χ1) is 10.5. The molecule has 2 rings (SSSR count). The van der Waals surface area contributed by atoms with E-state index in [1.54, 1.807) is 24.3 Å². The number of aliphatic imine (C=N–C) groups is 1. The lowest BCUT2D eigenvalue weighted by Crippen LogP contribution is -2.04. The highest BCUT2D eigenvalue weighted by Gasteiger charge is 2.29. The second kappa shape index (κ2) is 6.81. The quantitative estimate of drug-likeness (QED) is 0.603. The van der Waals surface area contributed by atoms with E-state index < -0.39 is 11.7 Å². The molecule has 2 aromatic rings. The molecule has 2 nitrogen and oxygen atoms in total. The molecule has 0 aliphatic heterocycles. The SMILES string of the molecule is C#CCOc1ccccc1N=Cc1ccc(C(F)(F)F)cc1. The summed E-state index contributed by atoms with van der Waals surface area (Å²) in [5.41, 5.74) is 0.416. The lowest BCUT2D eigenvalue weighted by molar-refractivity contribution is -0.137. The Labute approximate surface area is 126 Å². The van der Waals surface area contributed by atoms with Gasteiger partial charge in [0.25, 0.3) is 0 Å². The number of hydrogen-bond acceptors (Lipinski definition) is 2. The fourth-order valence-corrected chi connectivity index (χ4v) is 1.71. The van der Waals surface area contributed by atoms with Crippen LogP contribution in [0.25, 0.3) is 0 Å². The zero-order valence-corrected chi connectivity index (χ0v) is 11.5. The first-order valence-corrected chi connectivity index (χ1v) is 6.37. The van der Waals surface area contributed by atoms with Crippen LogP contribution in [0.4, 0.5) is 18.9 Å². The van der Waals surface area contributed by atoms with Crippen molar-refractivity contribution < 1.29 is 17.9 Å². The molecule has 0 saturated carbocycles. The zero-order valence-electron chi connectivity index (χ0n) is 11.5. The van der Waals surface area contributed by atoms with E-state index in [0.29, 0.717) is 17.0 Å². The van der Waals surface area contributed by atoms with E-state index in [0.717, 1.165) is 12.1 Å². The zero-order chi connectivity index (χ0) is 16.0. The number of terminal acetylenes is 1. The third kappa shape index (κ3) is 4.13. The molecular weight excluding hydrogens is 291 g/mol. The second-order valence-electron chi connectivity index (χ2n) is 4.34. The van der Waals surface area contributed by atoms with Gasteiger partial charge < -0.3 is 4.74 Å². The lowest BCUT2D eigenvalue weighted by atomic mass is 10.1. The van der Waals surface area contributed by atoms with Gasteiger partial charge in [-0.05, 0) is 29.8 Å². The number of ether oxygens (including phenoxy) is 1. The fourth-order valence-electron chi connectivity index (χ4n) is 1.71. The molecule has 0 radical (unpaired) electrons. The van der Waals surface area contributed by atoms with E-state index in [9.17, 15) is 13.2 Å². The van der Waals surface area contributed by atoms with Crippen LogP contribution < -0.4 is 4.74 Å². The molecule has 0 aliphatic rings. The molecule has 0 heterocycles. The van der Waals surface area contributed by atoms with Crippen LogP contribution in [0, 0.1) is 12.3 Å². The van der Waals surface area contributed by atoms with Gasteiger partial charge in [0.2, 0.25) is 0 Å². The predicted octanol–water partition coefficient (Wildman–Crippen LogP) is 4.47. The van der Waals surface area contributed by atoms with E-state index in [2.05, 4.69) is 10.9 Å². The molecule has 0 amide bonds. The Hall–Kier alpha value is -2.74. The summed E-state index contributed by atoms with van der Waals surface area (Å²) in [5, 5.41) is 0. The van der Waals surface area contributed by atoms with E-state index in [-0.39, 0.29) is 6.61 Å². The molecule has 0 aliphatic carbocycles. The average Bonchev–Trinajstić information content (AvgIpc) is 2.51. The maximum absolute atomic E-state index is 12.5. The summed E-state index contributed by atoms with van der Waals surface area (Å²) in [4.78, 5) is 4.22. The average molecular weight is 303 g/mol. The molecule has 112 valence electrons. The summed E-state index contributed by atoms with van der Waals surface area (Å²) in [5.74, 6) is 2.87. The van der Waals surface area contributed by atoms with Gasteiger partial charge in [-0.15, -0.1) is 6.42 Å². The first-order valence-electron chi connectivity index (χ1n) is 6.37. The first kappa shape index (κ1) is 15.6. The normalized spacial score (nSPS) is 11.4. The van der Waals surface area contributed by atoms with Crippen molar-refractivity contribution in [3.63, 3.8) is 0 Å². The Kier molecular flexibility index (Phi) is 4.84. The lowest BCUT2D eigenvalue weighted by Gasteiger charge is -2.06. The Morgan fingerprint density at radius 3 is 2.41 bits per heavy atom. The van der Waals surface area contributed by atoms with E-state index >= 15 is 0 Å². The van der Waals surface area contributed by atoms with Crippen LogP contribution in [0.15, 0.2) is 53.5 Å². The van der Waals surface area contributed by atoms with Gasteiger partial charge in [0.1, 0.15) is 18.0 Å². The van der Waals surface area contributed by atoms with Crippen molar-refractivity contribution in [3.05, 3.63) is 59.7 Å². The Bertz CT molecular complexity index is 697. The van der Waals surface area contributed by atoms with Gasteiger partial charge in [-0.2, -0.15) is 13.2 Å². The monoisotopic (exact) mass is 303 g/mol. The maximum Gasteiger partial charge on any atom is 0.416 e. The third-order valence-corrected chi connectivity index (χ3v) is 2.77. The molecule has 0 fully saturated rings. The summed E-state index contributed by atoms with van der Waals surface area (Å²) in [6.45, 7) is 0.118. The number of nitrogens with zero attached hydrogens (tertiary/aromatic N) is 1. The fraction of sp³-hybridized carbons (Fsp3) is 0.118.